The van der Waals surface area contributed by atoms with Crippen molar-refractivity contribution in [3.63, 3.8) is 0 Å². The largest absolute Gasteiger partial charge is 0.490 e. The Labute approximate surface area is 194 Å². The van der Waals surface area contributed by atoms with Gasteiger partial charge >= 0.3 is 0 Å². The summed E-state index contributed by atoms with van der Waals surface area (Å²) in [6.07, 6.45) is 0. The minimum atomic E-state index is -0.441. The van der Waals surface area contributed by atoms with Gasteiger partial charge in [0.2, 0.25) is 11.8 Å². The third kappa shape index (κ3) is 4.04. The van der Waals surface area contributed by atoms with Gasteiger partial charge in [-0.2, -0.15) is 5.26 Å². The maximum Gasteiger partial charge on any atom is 0.244 e. The van der Waals surface area contributed by atoms with Crippen molar-refractivity contribution < 1.29 is 14.2 Å². The predicted octanol–water partition coefficient (Wildman–Crippen LogP) is 4.98. The fraction of sp³-hybridized carbons (Fsp3) is 0.250. The van der Waals surface area contributed by atoms with E-state index < -0.39 is 5.92 Å². The third-order valence-electron chi connectivity index (χ3n) is 5.26. The first-order valence-electron chi connectivity index (χ1n) is 10.2. The zero-order chi connectivity index (χ0) is 22.8. The molecule has 0 spiro atoms. The van der Waals surface area contributed by atoms with Crippen LogP contribution in [-0.2, 0) is 6.61 Å². The van der Waals surface area contributed by atoms with E-state index in [2.05, 4.69) is 38.3 Å². The molecule has 0 aliphatic carbocycles. The lowest BCUT2D eigenvalue weighted by molar-refractivity contribution is 0.267. The number of aryl methyl sites for hydroxylation is 2. The van der Waals surface area contributed by atoms with E-state index in [1.807, 2.05) is 51.1 Å². The molecular formula is C24H23BrN4O3. The molecule has 32 heavy (non-hydrogen) atoms. The average Bonchev–Trinajstić information content (AvgIpc) is 3.12. The molecule has 0 fully saturated rings. The molecule has 3 N–H and O–H groups in total. The lowest BCUT2D eigenvalue weighted by Gasteiger charge is -2.25. The second-order valence-corrected chi connectivity index (χ2v) is 8.39. The van der Waals surface area contributed by atoms with Gasteiger partial charge in [0.05, 0.1) is 17.0 Å². The highest BCUT2D eigenvalue weighted by molar-refractivity contribution is 9.10. The molecule has 164 valence electrons. The van der Waals surface area contributed by atoms with Crippen LogP contribution in [0.25, 0.3) is 0 Å². The van der Waals surface area contributed by atoms with Crippen molar-refractivity contribution in [2.24, 2.45) is 5.73 Å². The summed E-state index contributed by atoms with van der Waals surface area (Å²) in [5.74, 6) is 1.16. The van der Waals surface area contributed by atoms with Gasteiger partial charge in [-0.05, 0) is 60.0 Å². The molecule has 0 saturated carbocycles. The highest BCUT2D eigenvalue weighted by Crippen LogP contribution is 2.46. The first-order valence-corrected chi connectivity index (χ1v) is 11.0. The highest BCUT2D eigenvalue weighted by atomic mass is 79.9. The van der Waals surface area contributed by atoms with Gasteiger partial charge in [0.25, 0.3) is 0 Å². The van der Waals surface area contributed by atoms with E-state index >= 15 is 0 Å². The molecule has 0 amide bonds. The Bertz CT molecular complexity index is 1240. The fourth-order valence-electron chi connectivity index (χ4n) is 3.85. The number of nitriles is 1. The molecule has 1 atom stereocenters. The minimum Gasteiger partial charge on any atom is -0.490 e. The van der Waals surface area contributed by atoms with Crippen LogP contribution in [0, 0.1) is 25.2 Å². The number of hydrogen-bond acceptors (Lipinski definition) is 6. The van der Waals surface area contributed by atoms with Gasteiger partial charge in [0.15, 0.2) is 11.5 Å². The number of ether oxygens (including phenoxy) is 3. The number of fused-ring (bicyclic) bond motifs is 1. The number of benzene rings is 2. The highest BCUT2D eigenvalue weighted by Gasteiger charge is 2.35. The number of nitrogens with two attached hydrogens (primary N) is 1. The lowest BCUT2D eigenvalue weighted by Crippen LogP contribution is -2.21. The molecule has 1 aromatic heterocycles. The van der Waals surface area contributed by atoms with Crippen LogP contribution in [-0.4, -0.2) is 16.8 Å². The number of aromatic amines is 1. The van der Waals surface area contributed by atoms with E-state index in [1.54, 1.807) is 0 Å². The van der Waals surface area contributed by atoms with Crippen molar-refractivity contribution in [1.82, 2.24) is 10.2 Å². The van der Waals surface area contributed by atoms with Crippen molar-refractivity contribution in [2.75, 3.05) is 6.61 Å². The van der Waals surface area contributed by atoms with E-state index in [0.717, 1.165) is 26.9 Å². The SMILES string of the molecule is CCOc1cc([C@H]2C(C#N)=C(N)Oc3n[nH]c(C)c32)cc(Br)c1OCc1cccc(C)c1. The van der Waals surface area contributed by atoms with Crippen molar-refractivity contribution in [3.05, 3.63) is 80.3 Å². The molecule has 1 aliphatic heterocycles. The van der Waals surface area contributed by atoms with Crippen LogP contribution in [0.2, 0.25) is 0 Å². The Morgan fingerprint density at radius 2 is 2.06 bits per heavy atom. The molecule has 0 radical (unpaired) electrons. The van der Waals surface area contributed by atoms with Crippen LogP contribution in [0.4, 0.5) is 0 Å². The number of nitrogens with zero attached hydrogens (tertiary/aromatic N) is 2. The standard InChI is InChI=1S/C24H23BrN4O3/c1-4-30-19-10-16(9-18(25)22(19)31-12-15-7-5-6-13(2)8-15)21-17(11-26)23(27)32-24-20(21)14(3)28-29-24/h5-10,21H,4,12,27H2,1-3H3,(H,28,29)/t21-/m0/s1. The Balaban J connectivity index is 1.76. The molecule has 0 bridgehead atoms. The Morgan fingerprint density at radius 1 is 1.25 bits per heavy atom. The van der Waals surface area contributed by atoms with Crippen LogP contribution in [0.1, 0.15) is 40.8 Å². The quantitative estimate of drug-likeness (QED) is 0.500. The third-order valence-corrected chi connectivity index (χ3v) is 5.85. The molecule has 2 aromatic carbocycles. The summed E-state index contributed by atoms with van der Waals surface area (Å²) < 4.78 is 18.3. The van der Waals surface area contributed by atoms with Gasteiger partial charge in [0.1, 0.15) is 18.2 Å². The first kappa shape index (κ1) is 21.8. The van der Waals surface area contributed by atoms with Crippen LogP contribution < -0.4 is 19.9 Å². The lowest BCUT2D eigenvalue weighted by atomic mass is 9.84. The van der Waals surface area contributed by atoms with Gasteiger partial charge < -0.3 is 19.9 Å². The Morgan fingerprint density at radius 3 is 2.78 bits per heavy atom. The van der Waals surface area contributed by atoms with Crippen molar-refractivity contribution >= 4 is 15.9 Å². The number of nitrogens with one attached hydrogen (secondary N) is 1. The summed E-state index contributed by atoms with van der Waals surface area (Å²) in [6, 6.07) is 14.2. The Kier molecular flexibility index (Phi) is 6.10. The van der Waals surface area contributed by atoms with Gasteiger partial charge in [-0.15, -0.1) is 5.10 Å². The molecule has 3 aromatic rings. The van der Waals surface area contributed by atoms with Crippen molar-refractivity contribution in [3.8, 4) is 23.4 Å². The first-order chi connectivity index (χ1) is 15.4. The molecular weight excluding hydrogens is 472 g/mol. The second-order valence-electron chi connectivity index (χ2n) is 7.53. The maximum absolute atomic E-state index is 9.81. The molecule has 0 saturated heterocycles. The number of halogens is 1. The van der Waals surface area contributed by atoms with Crippen molar-refractivity contribution in [2.45, 2.75) is 33.3 Å². The van der Waals surface area contributed by atoms with E-state index in [4.69, 9.17) is 19.9 Å². The number of hydrogen-bond donors (Lipinski definition) is 2. The fourth-order valence-corrected chi connectivity index (χ4v) is 4.42. The molecule has 4 rings (SSSR count). The monoisotopic (exact) mass is 494 g/mol. The predicted molar refractivity (Wildman–Crippen MR) is 123 cm³/mol. The topological polar surface area (TPSA) is 106 Å². The van der Waals surface area contributed by atoms with E-state index in [0.29, 0.717) is 36.2 Å². The normalized spacial score (nSPS) is 15.0. The summed E-state index contributed by atoms with van der Waals surface area (Å²) in [4.78, 5) is 0. The number of allylic oxidation sites excluding steroid dienone is 1. The molecule has 1 aliphatic rings. The van der Waals surface area contributed by atoms with E-state index in [9.17, 15) is 5.26 Å². The second kappa shape index (κ2) is 8.97. The molecule has 8 heteroatoms. The smallest absolute Gasteiger partial charge is 0.244 e. The summed E-state index contributed by atoms with van der Waals surface area (Å²) in [7, 11) is 0. The summed E-state index contributed by atoms with van der Waals surface area (Å²) >= 11 is 3.64. The summed E-state index contributed by atoms with van der Waals surface area (Å²) in [6.45, 7) is 6.71. The zero-order valence-electron chi connectivity index (χ0n) is 18.0. The summed E-state index contributed by atoms with van der Waals surface area (Å²) in [5, 5.41) is 16.9. The zero-order valence-corrected chi connectivity index (χ0v) is 19.6. The average molecular weight is 495 g/mol. The van der Waals surface area contributed by atoms with Crippen molar-refractivity contribution in [1.29, 1.82) is 5.26 Å². The minimum absolute atomic E-state index is 0.0466. The Hall–Kier alpha value is -3.44. The van der Waals surface area contributed by atoms with Gasteiger partial charge in [-0.3, -0.25) is 5.10 Å². The van der Waals surface area contributed by atoms with Crippen LogP contribution in [0.3, 0.4) is 0 Å². The van der Waals surface area contributed by atoms with Crippen LogP contribution in [0.5, 0.6) is 17.4 Å². The molecule has 7 nitrogen and oxygen atoms in total. The van der Waals surface area contributed by atoms with Gasteiger partial charge in [-0.25, -0.2) is 0 Å². The van der Waals surface area contributed by atoms with E-state index in [1.165, 1.54) is 5.56 Å². The van der Waals surface area contributed by atoms with Gasteiger partial charge in [-0.1, -0.05) is 29.8 Å². The molecule has 2 heterocycles. The van der Waals surface area contributed by atoms with E-state index in [-0.39, 0.29) is 5.88 Å². The van der Waals surface area contributed by atoms with Gasteiger partial charge in [0, 0.05) is 11.3 Å². The summed E-state index contributed by atoms with van der Waals surface area (Å²) in [5.41, 5.74) is 11.0. The molecule has 0 unspecified atom stereocenters. The number of aromatic nitrogens is 2. The maximum atomic E-state index is 9.81. The number of rotatable bonds is 6. The number of H-pyrrole nitrogens is 1. The van der Waals surface area contributed by atoms with Crippen LogP contribution >= 0.6 is 15.9 Å². The van der Waals surface area contributed by atoms with Crippen LogP contribution in [0.15, 0.2) is 52.3 Å².